The minimum atomic E-state index is -0.0375. The molecule has 4 nitrogen and oxygen atoms in total. The second-order valence-corrected chi connectivity index (χ2v) is 6.25. The fourth-order valence-electron chi connectivity index (χ4n) is 2.75. The minimum absolute atomic E-state index is 0.00150. The van der Waals surface area contributed by atoms with Crippen molar-refractivity contribution in [2.24, 2.45) is 11.8 Å². The molecule has 1 aliphatic heterocycles. The fraction of sp³-hybridized carbons (Fsp3) is 0.500. The Morgan fingerprint density at radius 2 is 1.71 bits per heavy atom. The van der Waals surface area contributed by atoms with Gasteiger partial charge in [0.15, 0.2) is 0 Å². The van der Waals surface area contributed by atoms with Crippen LogP contribution in [-0.4, -0.2) is 29.8 Å². The normalized spacial score (nSPS) is 19.4. The molecule has 0 atom stereocenters. The van der Waals surface area contributed by atoms with E-state index in [9.17, 15) is 9.59 Å². The Kier molecular flexibility index (Phi) is 4.15. The molecular weight excluding hydrogens is 288 g/mol. The molecule has 3 rings (SSSR count). The monoisotopic (exact) mass is 306 g/mol. The first kappa shape index (κ1) is 14.4. The van der Waals surface area contributed by atoms with Crippen molar-refractivity contribution < 1.29 is 9.59 Å². The molecule has 1 heterocycles. The summed E-state index contributed by atoms with van der Waals surface area (Å²) in [5.74, 6) is 0.504. The van der Waals surface area contributed by atoms with Crippen LogP contribution in [0.1, 0.15) is 25.7 Å². The lowest BCUT2D eigenvalue weighted by Crippen LogP contribution is -2.42. The number of rotatable bonds is 3. The number of para-hydroxylation sites is 1. The number of likely N-dealkylation sites (tertiary alicyclic amines) is 1. The molecule has 0 aromatic heterocycles. The summed E-state index contributed by atoms with van der Waals surface area (Å²) >= 11 is 6.05. The number of nitrogens with one attached hydrogen (secondary N) is 1. The van der Waals surface area contributed by atoms with Crippen LogP contribution >= 0.6 is 11.6 Å². The van der Waals surface area contributed by atoms with Crippen LogP contribution in [0.4, 0.5) is 5.69 Å². The summed E-state index contributed by atoms with van der Waals surface area (Å²) in [4.78, 5) is 26.2. The lowest BCUT2D eigenvalue weighted by atomic mass is 9.95. The lowest BCUT2D eigenvalue weighted by molar-refractivity contribution is -0.135. The Morgan fingerprint density at radius 1 is 1.05 bits per heavy atom. The molecule has 0 bridgehead atoms. The first-order chi connectivity index (χ1) is 10.1. The van der Waals surface area contributed by atoms with Crippen molar-refractivity contribution in [3.8, 4) is 0 Å². The highest BCUT2D eigenvalue weighted by Gasteiger charge is 2.35. The third kappa shape index (κ3) is 3.38. The number of carbonyl (C=O) groups is 2. The van der Waals surface area contributed by atoms with Crippen molar-refractivity contribution >= 4 is 29.1 Å². The van der Waals surface area contributed by atoms with Crippen LogP contribution in [0.15, 0.2) is 24.3 Å². The van der Waals surface area contributed by atoms with Gasteiger partial charge in [0.1, 0.15) is 0 Å². The maximum absolute atomic E-state index is 12.3. The molecule has 0 spiro atoms. The molecule has 1 aromatic rings. The number of carbonyl (C=O) groups excluding carboxylic acids is 2. The molecule has 0 unspecified atom stereocenters. The summed E-state index contributed by atoms with van der Waals surface area (Å²) in [6.07, 6.45) is 3.53. The van der Waals surface area contributed by atoms with E-state index in [4.69, 9.17) is 11.6 Å². The van der Waals surface area contributed by atoms with Gasteiger partial charge < -0.3 is 10.2 Å². The van der Waals surface area contributed by atoms with E-state index in [1.165, 1.54) is 0 Å². The maximum Gasteiger partial charge on any atom is 0.227 e. The third-order valence-corrected chi connectivity index (χ3v) is 4.57. The van der Waals surface area contributed by atoms with Crippen LogP contribution < -0.4 is 5.32 Å². The lowest BCUT2D eigenvalue weighted by Gasteiger charge is -2.31. The van der Waals surface area contributed by atoms with Gasteiger partial charge in [0.25, 0.3) is 0 Å². The van der Waals surface area contributed by atoms with Gasteiger partial charge in [-0.25, -0.2) is 0 Å². The SMILES string of the molecule is O=C(Nc1ccccc1Cl)C1CCN(C(=O)C2CC2)CC1. The highest BCUT2D eigenvalue weighted by Crippen LogP contribution is 2.32. The van der Waals surface area contributed by atoms with Crippen LogP contribution in [0.5, 0.6) is 0 Å². The summed E-state index contributed by atoms with van der Waals surface area (Å²) in [7, 11) is 0. The maximum atomic E-state index is 12.3. The molecule has 2 fully saturated rings. The number of benzene rings is 1. The summed E-state index contributed by atoms with van der Waals surface area (Å²) in [5, 5.41) is 3.43. The second-order valence-electron chi connectivity index (χ2n) is 5.84. The van der Waals surface area contributed by atoms with E-state index in [1.807, 2.05) is 17.0 Å². The van der Waals surface area contributed by atoms with Gasteiger partial charge in [-0.05, 0) is 37.8 Å². The molecule has 5 heteroatoms. The topological polar surface area (TPSA) is 49.4 Å². The Bertz CT molecular complexity index is 549. The molecule has 1 aromatic carbocycles. The molecular formula is C16H19ClN2O2. The summed E-state index contributed by atoms with van der Waals surface area (Å²) in [5.41, 5.74) is 0.653. The quantitative estimate of drug-likeness (QED) is 0.933. The van der Waals surface area contributed by atoms with Gasteiger partial charge in [-0.15, -0.1) is 0 Å². The number of halogens is 1. The second kappa shape index (κ2) is 6.06. The number of hydrogen-bond acceptors (Lipinski definition) is 2. The van der Waals surface area contributed by atoms with Crippen LogP contribution in [-0.2, 0) is 9.59 Å². The molecule has 21 heavy (non-hydrogen) atoms. The molecule has 1 saturated heterocycles. The first-order valence-corrected chi connectivity index (χ1v) is 7.87. The highest BCUT2D eigenvalue weighted by atomic mass is 35.5. The predicted octanol–water partition coefficient (Wildman–Crippen LogP) is 2.93. The van der Waals surface area contributed by atoms with Crippen LogP contribution in [0.2, 0.25) is 5.02 Å². The molecule has 112 valence electrons. The van der Waals surface area contributed by atoms with Crippen LogP contribution in [0.3, 0.4) is 0 Å². The van der Waals surface area contributed by atoms with Gasteiger partial charge >= 0.3 is 0 Å². The Balaban J connectivity index is 1.53. The van der Waals surface area contributed by atoms with Gasteiger partial charge in [-0.1, -0.05) is 23.7 Å². The molecule has 1 N–H and O–H groups in total. The first-order valence-electron chi connectivity index (χ1n) is 7.49. The Labute approximate surface area is 129 Å². The Hall–Kier alpha value is -1.55. The van der Waals surface area contributed by atoms with Gasteiger partial charge in [0.05, 0.1) is 10.7 Å². The van der Waals surface area contributed by atoms with Crippen LogP contribution in [0, 0.1) is 11.8 Å². The van der Waals surface area contributed by atoms with Gasteiger partial charge in [-0.2, -0.15) is 0 Å². The van der Waals surface area contributed by atoms with Gasteiger partial charge in [0, 0.05) is 24.9 Å². The molecule has 2 aliphatic rings. The average Bonchev–Trinajstić information content (AvgIpc) is 3.34. The molecule has 0 radical (unpaired) electrons. The largest absolute Gasteiger partial charge is 0.342 e. The van der Waals surface area contributed by atoms with Crippen LogP contribution in [0.25, 0.3) is 0 Å². The van der Waals surface area contributed by atoms with Gasteiger partial charge in [-0.3, -0.25) is 9.59 Å². The average molecular weight is 307 g/mol. The number of anilines is 1. The Morgan fingerprint density at radius 3 is 2.33 bits per heavy atom. The predicted molar refractivity (Wildman–Crippen MR) is 82.1 cm³/mol. The fourth-order valence-corrected chi connectivity index (χ4v) is 2.93. The summed E-state index contributed by atoms with van der Waals surface area (Å²) in [6.45, 7) is 1.38. The van der Waals surface area contributed by atoms with Crippen molar-refractivity contribution in [2.75, 3.05) is 18.4 Å². The van der Waals surface area contributed by atoms with E-state index in [2.05, 4.69) is 5.32 Å². The number of piperidine rings is 1. The zero-order valence-electron chi connectivity index (χ0n) is 11.8. The molecule has 1 saturated carbocycles. The van der Waals surface area contributed by atoms with E-state index in [0.717, 1.165) is 25.7 Å². The van der Waals surface area contributed by atoms with E-state index >= 15 is 0 Å². The summed E-state index contributed by atoms with van der Waals surface area (Å²) in [6, 6.07) is 7.23. The van der Waals surface area contributed by atoms with E-state index in [0.29, 0.717) is 23.8 Å². The zero-order valence-corrected chi connectivity index (χ0v) is 12.6. The highest BCUT2D eigenvalue weighted by molar-refractivity contribution is 6.33. The number of hydrogen-bond donors (Lipinski definition) is 1. The molecule has 2 amide bonds. The minimum Gasteiger partial charge on any atom is -0.342 e. The van der Waals surface area contributed by atoms with Crippen molar-refractivity contribution in [1.29, 1.82) is 0 Å². The zero-order chi connectivity index (χ0) is 14.8. The van der Waals surface area contributed by atoms with E-state index in [-0.39, 0.29) is 23.7 Å². The third-order valence-electron chi connectivity index (χ3n) is 4.24. The van der Waals surface area contributed by atoms with Crippen molar-refractivity contribution in [3.63, 3.8) is 0 Å². The van der Waals surface area contributed by atoms with E-state index < -0.39 is 0 Å². The standard InChI is InChI=1S/C16H19ClN2O2/c17-13-3-1-2-4-14(13)18-15(20)11-7-9-19(10-8-11)16(21)12-5-6-12/h1-4,11-12H,5-10H2,(H,18,20). The van der Waals surface area contributed by atoms with Crippen molar-refractivity contribution in [2.45, 2.75) is 25.7 Å². The number of amides is 2. The number of nitrogens with zero attached hydrogens (tertiary/aromatic N) is 1. The molecule has 1 aliphatic carbocycles. The van der Waals surface area contributed by atoms with Crippen molar-refractivity contribution in [1.82, 2.24) is 4.90 Å². The summed E-state index contributed by atoms with van der Waals surface area (Å²) < 4.78 is 0. The van der Waals surface area contributed by atoms with Crippen molar-refractivity contribution in [3.05, 3.63) is 29.3 Å². The van der Waals surface area contributed by atoms with Gasteiger partial charge in [0.2, 0.25) is 11.8 Å². The van der Waals surface area contributed by atoms with E-state index in [1.54, 1.807) is 12.1 Å². The smallest absolute Gasteiger partial charge is 0.227 e.